The van der Waals surface area contributed by atoms with Crippen LogP contribution in [0.2, 0.25) is 26.6 Å². The monoisotopic (exact) mass is 1700 g/mol. The van der Waals surface area contributed by atoms with Gasteiger partial charge in [-0.2, -0.15) is 0 Å². The number of fused-ring (bicyclic) bond motifs is 10. The Morgan fingerprint density at radius 2 is 0.398 bits per heavy atom. The summed E-state index contributed by atoms with van der Waals surface area (Å²) in [5.74, 6) is 0. The quantitative estimate of drug-likeness (QED) is 0.0285. The summed E-state index contributed by atoms with van der Waals surface area (Å²) in [6.07, 6.45) is 86.5. The summed E-state index contributed by atoms with van der Waals surface area (Å²) in [6, 6.07) is 11.8. The van der Waals surface area contributed by atoms with Crippen molar-refractivity contribution in [3.05, 3.63) is 46.5 Å². The van der Waals surface area contributed by atoms with E-state index in [1.54, 1.807) is 29.4 Å². The number of aromatic nitrogens is 4. The molecule has 0 N–H and O–H groups in total. The summed E-state index contributed by atoms with van der Waals surface area (Å²) in [5.41, 5.74) is 16.7. The van der Waals surface area contributed by atoms with Gasteiger partial charge in [-0.05, 0) is 0 Å². The molecule has 0 saturated heterocycles. The van der Waals surface area contributed by atoms with E-state index in [-0.39, 0.29) is 10.8 Å². The molecule has 2 aromatic heterocycles. The van der Waals surface area contributed by atoms with Gasteiger partial charge in [-0.1, -0.05) is 156 Å². The maximum absolute atomic E-state index is 6.40. The second kappa shape index (κ2) is 54.8. The van der Waals surface area contributed by atoms with Crippen molar-refractivity contribution in [1.29, 1.82) is 0 Å². The van der Waals surface area contributed by atoms with Crippen LogP contribution in [0.25, 0.3) is 44.3 Å². The van der Waals surface area contributed by atoms with E-state index in [2.05, 4.69) is 93.5 Å². The van der Waals surface area contributed by atoms with Gasteiger partial charge in [0.05, 0.1) is 0 Å². The van der Waals surface area contributed by atoms with E-state index in [1.807, 2.05) is 0 Å². The molecule has 2 aliphatic rings. The molecule has 7 rings (SSSR count). The zero-order chi connectivity index (χ0) is 76.7. The van der Waals surface area contributed by atoms with E-state index in [4.69, 9.17) is 29.9 Å². The molecular formula is C100H174N4O2Sn2. The predicted octanol–water partition coefficient (Wildman–Crippen LogP) is 33.8. The van der Waals surface area contributed by atoms with Gasteiger partial charge in [0.25, 0.3) is 0 Å². The molecule has 0 saturated carbocycles. The molecule has 0 aliphatic heterocycles. The number of hydrogen-bond donors (Lipinski definition) is 0. The van der Waals surface area contributed by atoms with Crippen LogP contribution < -0.4 is 7.16 Å². The van der Waals surface area contributed by atoms with E-state index in [1.165, 1.54) is 471 Å². The number of rotatable bonds is 72. The van der Waals surface area contributed by atoms with E-state index in [9.17, 15) is 0 Å². The molecular weight excluding hydrogens is 1530 g/mol. The summed E-state index contributed by atoms with van der Waals surface area (Å²) >= 11 is -6.46. The molecule has 108 heavy (non-hydrogen) atoms. The Labute approximate surface area is 676 Å². The van der Waals surface area contributed by atoms with Gasteiger partial charge in [0.1, 0.15) is 0 Å². The van der Waals surface area contributed by atoms with Crippen LogP contribution >= 0.6 is 0 Å². The van der Waals surface area contributed by atoms with E-state index >= 15 is 0 Å². The van der Waals surface area contributed by atoms with Gasteiger partial charge in [0, 0.05) is 0 Å². The van der Waals surface area contributed by atoms with Crippen LogP contribution in [-0.2, 0) is 10.8 Å². The van der Waals surface area contributed by atoms with Gasteiger partial charge in [-0.25, -0.2) is 0 Å². The molecule has 0 amide bonds. The maximum atomic E-state index is 6.40. The van der Waals surface area contributed by atoms with Crippen molar-refractivity contribution < 1.29 is 9.26 Å². The second-order valence-electron chi connectivity index (χ2n) is 36.5. The summed E-state index contributed by atoms with van der Waals surface area (Å²) in [5, 5.41) is 21.3. The van der Waals surface area contributed by atoms with Crippen molar-refractivity contribution in [2.45, 2.75) is 518 Å². The molecule has 8 heteroatoms. The Morgan fingerprint density at radius 1 is 0.213 bits per heavy atom. The second-order valence-corrected chi connectivity index (χ2v) is 62.7. The van der Waals surface area contributed by atoms with Crippen LogP contribution in [0.15, 0.2) is 33.5 Å². The SMILES string of the molecule is CCCCCCCCCCCCCCC1(CCCCCCCCCCCCCC)c2cc3c(cc2-c2c1c[c]([Sn]([CH2]CCC)([CH2]CCC)[CH2]CCC)c1nonc21)C(CCCCCCCCCCCCCC)(CCCCCCCCCCCCCC)c1c[c]([Sn]([CH2]CCC)([CH2]CCC)[CH2]CCC)c2nonc2c1-3. The molecule has 6 nitrogen and oxygen atoms in total. The minimum absolute atomic E-state index is 0.139. The van der Waals surface area contributed by atoms with E-state index in [0.717, 1.165) is 11.0 Å². The van der Waals surface area contributed by atoms with Crippen molar-refractivity contribution >= 4 is 66.0 Å². The molecule has 5 aromatic rings. The summed E-state index contributed by atoms with van der Waals surface area (Å²) in [4.78, 5) is 0. The van der Waals surface area contributed by atoms with Crippen LogP contribution in [0, 0.1) is 0 Å². The Kier molecular flexibility index (Phi) is 47.3. The van der Waals surface area contributed by atoms with Crippen molar-refractivity contribution in [2.24, 2.45) is 0 Å². The summed E-state index contributed by atoms with van der Waals surface area (Å²) < 4.78 is 24.7. The molecule has 0 bridgehead atoms. The van der Waals surface area contributed by atoms with Crippen LogP contribution in [0.3, 0.4) is 0 Å². The number of unbranched alkanes of at least 4 members (excludes halogenated alkanes) is 50. The third-order valence-corrected chi connectivity index (χ3v) is 59.0. The van der Waals surface area contributed by atoms with Crippen molar-refractivity contribution in [3.8, 4) is 22.3 Å². The van der Waals surface area contributed by atoms with Gasteiger partial charge in [-0.15, -0.1) is 0 Å². The molecule has 2 aliphatic carbocycles. The van der Waals surface area contributed by atoms with E-state index < -0.39 is 36.8 Å². The molecule has 614 valence electrons. The average molecular weight is 1700 g/mol. The average Bonchev–Trinajstić information content (AvgIpc) is 1.51. The first-order valence-corrected chi connectivity index (χ1v) is 64.0. The minimum atomic E-state index is -3.23. The number of benzene rings is 3. The molecule has 3 aromatic carbocycles. The molecule has 2 heterocycles. The zero-order valence-corrected chi connectivity index (χ0v) is 79.1. The molecule has 0 spiro atoms. The van der Waals surface area contributed by atoms with Gasteiger partial charge >= 0.3 is 526 Å². The van der Waals surface area contributed by atoms with Crippen LogP contribution in [0.4, 0.5) is 0 Å². The van der Waals surface area contributed by atoms with Crippen LogP contribution in [-0.4, -0.2) is 57.4 Å². The van der Waals surface area contributed by atoms with E-state index in [0.29, 0.717) is 0 Å². The fourth-order valence-corrected chi connectivity index (χ4v) is 54.0. The standard InChI is InChI=1S/C76H120N4O2.6C4H9.2Sn/c1-5-9-13-17-21-25-29-33-37-41-45-49-57-75(58-50-46-42-38-34-30-26-22-18-14-10-6-2)65-53-55-69-73(79-81-77-69)71(65)63-62-68-64(61-67(63)75)72-66(54-56-70-74(72)80-82-78-70)76(68,59-51-47-43-39-35-31-27-23-19-15-11-7-3)60-52-48-44-40-36-32-28-24-20-16-12-8-4;6*1-3-4-2;;/h53-54,61-62H,5-52,57-60H2,1-4H3;6*1,3-4H2,2H3;;. The van der Waals surface area contributed by atoms with Crippen LogP contribution in [0.5, 0.6) is 0 Å². The van der Waals surface area contributed by atoms with Gasteiger partial charge in [0.15, 0.2) is 0 Å². The summed E-state index contributed by atoms with van der Waals surface area (Å²) in [7, 11) is 0. The van der Waals surface area contributed by atoms with Gasteiger partial charge in [0.2, 0.25) is 0 Å². The number of hydrogen-bond acceptors (Lipinski definition) is 6. The topological polar surface area (TPSA) is 77.8 Å². The Hall–Kier alpha value is -1.94. The molecule has 0 unspecified atom stereocenters. The first-order valence-electron chi connectivity index (χ1n) is 49.0. The fourth-order valence-electron chi connectivity index (χ4n) is 21.1. The molecule has 0 radical (unpaired) electrons. The predicted molar refractivity (Wildman–Crippen MR) is 481 cm³/mol. The van der Waals surface area contributed by atoms with Crippen molar-refractivity contribution in [2.75, 3.05) is 0 Å². The first kappa shape index (κ1) is 93.2. The normalized spacial score (nSPS) is 13.8. The molecule has 0 atom stereocenters. The van der Waals surface area contributed by atoms with Gasteiger partial charge in [-0.3, -0.25) is 0 Å². The summed E-state index contributed by atoms with van der Waals surface area (Å²) in [6.45, 7) is 24.1. The Bertz CT molecular complexity index is 2810. The third-order valence-electron chi connectivity index (χ3n) is 27.9. The van der Waals surface area contributed by atoms with Crippen molar-refractivity contribution in [1.82, 2.24) is 20.6 Å². The first-order chi connectivity index (χ1) is 53.2. The third kappa shape index (κ3) is 27.6. The Morgan fingerprint density at radius 3 is 0.602 bits per heavy atom. The Balaban J connectivity index is 1.45. The molecule has 0 fully saturated rings. The van der Waals surface area contributed by atoms with Gasteiger partial charge < -0.3 is 0 Å². The fraction of sp³-hybridized carbons (Fsp3) is 0.820. The van der Waals surface area contributed by atoms with Crippen molar-refractivity contribution in [3.63, 3.8) is 0 Å². The number of nitrogens with zero attached hydrogens (tertiary/aromatic N) is 4. The zero-order valence-electron chi connectivity index (χ0n) is 73.4. The van der Waals surface area contributed by atoms with Crippen LogP contribution in [0.1, 0.15) is 502 Å².